The zero-order valence-electron chi connectivity index (χ0n) is 15.9. The Morgan fingerprint density at radius 3 is 2.76 bits per heavy atom. The van der Waals surface area contributed by atoms with Crippen molar-refractivity contribution in [2.45, 2.75) is 13.0 Å². The van der Waals surface area contributed by atoms with Gasteiger partial charge in [0, 0.05) is 18.2 Å². The van der Waals surface area contributed by atoms with E-state index in [0.717, 1.165) is 0 Å². The number of benzene rings is 2. The number of hydrogen-bond acceptors (Lipinski definition) is 5. The first kappa shape index (κ1) is 20.1. The third kappa shape index (κ3) is 4.81. The lowest BCUT2D eigenvalue weighted by Gasteiger charge is -2.15. The van der Waals surface area contributed by atoms with Gasteiger partial charge in [-0.25, -0.2) is 14.0 Å². The molecule has 1 aliphatic rings. The molecular formula is C20H20FN3O5. The maximum Gasteiger partial charge on any atom is 0.414 e. The zero-order chi connectivity index (χ0) is 21.0. The van der Waals surface area contributed by atoms with Gasteiger partial charge in [-0.05, 0) is 35.9 Å². The van der Waals surface area contributed by atoms with Gasteiger partial charge in [-0.1, -0.05) is 12.1 Å². The summed E-state index contributed by atoms with van der Waals surface area (Å²) in [4.78, 5) is 35.8. The van der Waals surface area contributed by atoms with Gasteiger partial charge in [0.1, 0.15) is 11.9 Å². The summed E-state index contributed by atoms with van der Waals surface area (Å²) < 4.78 is 24.5. The number of ether oxygens (including phenoxy) is 2. The molecule has 9 heteroatoms. The molecule has 3 rings (SSSR count). The van der Waals surface area contributed by atoms with Crippen molar-refractivity contribution < 1.29 is 28.2 Å². The number of carbonyl (C=O) groups is 3. The third-order valence-corrected chi connectivity index (χ3v) is 4.32. The maximum absolute atomic E-state index is 14.8. The van der Waals surface area contributed by atoms with Gasteiger partial charge in [-0.3, -0.25) is 15.0 Å². The van der Waals surface area contributed by atoms with Crippen LogP contribution < -0.4 is 15.5 Å². The van der Waals surface area contributed by atoms with E-state index in [-0.39, 0.29) is 19.0 Å². The van der Waals surface area contributed by atoms with Gasteiger partial charge in [-0.15, -0.1) is 0 Å². The predicted molar refractivity (Wildman–Crippen MR) is 104 cm³/mol. The fraction of sp³-hybridized carbons (Fsp3) is 0.250. The first-order chi connectivity index (χ1) is 13.9. The molecule has 0 spiro atoms. The fourth-order valence-corrected chi connectivity index (χ4v) is 2.94. The average Bonchev–Trinajstić information content (AvgIpc) is 3.07. The molecule has 0 bridgehead atoms. The number of nitrogens with one attached hydrogen (secondary N) is 2. The summed E-state index contributed by atoms with van der Waals surface area (Å²) in [7, 11) is 1.25. The van der Waals surface area contributed by atoms with Gasteiger partial charge in [0.2, 0.25) is 5.91 Å². The molecule has 0 aromatic heterocycles. The molecule has 1 fully saturated rings. The molecule has 29 heavy (non-hydrogen) atoms. The van der Waals surface area contributed by atoms with Gasteiger partial charge in [0.25, 0.3) is 0 Å². The number of halogens is 1. The lowest BCUT2D eigenvalue weighted by Crippen LogP contribution is -2.33. The van der Waals surface area contributed by atoms with Crippen molar-refractivity contribution in [3.63, 3.8) is 0 Å². The molecule has 1 aliphatic heterocycles. The van der Waals surface area contributed by atoms with Gasteiger partial charge in [0.05, 0.1) is 25.9 Å². The van der Waals surface area contributed by atoms with E-state index in [1.807, 2.05) is 0 Å². The predicted octanol–water partition coefficient (Wildman–Crippen LogP) is 3.13. The normalized spacial score (nSPS) is 15.6. The molecule has 0 saturated carbocycles. The molecule has 0 radical (unpaired) electrons. The van der Waals surface area contributed by atoms with Crippen molar-refractivity contribution in [2.75, 3.05) is 30.4 Å². The topological polar surface area (TPSA) is 97.0 Å². The van der Waals surface area contributed by atoms with Crippen LogP contribution in [0.2, 0.25) is 0 Å². The minimum Gasteiger partial charge on any atom is -0.453 e. The highest BCUT2D eigenvalue weighted by Gasteiger charge is 2.32. The molecule has 3 amide bonds. The van der Waals surface area contributed by atoms with Crippen molar-refractivity contribution in [1.82, 2.24) is 5.32 Å². The van der Waals surface area contributed by atoms with E-state index in [1.54, 1.807) is 36.4 Å². The maximum atomic E-state index is 14.8. The molecule has 152 valence electrons. The van der Waals surface area contributed by atoms with E-state index in [1.165, 1.54) is 25.0 Å². The van der Waals surface area contributed by atoms with Gasteiger partial charge < -0.3 is 14.8 Å². The molecule has 1 saturated heterocycles. The first-order valence-electron chi connectivity index (χ1n) is 8.85. The summed E-state index contributed by atoms with van der Waals surface area (Å²) in [5.41, 5.74) is 1.67. The summed E-state index contributed by atoms with van der Waals surface area (Å²) in [5, 5.41) is 5.11. The second kappa shape index (κ2) is 8.59. The Bertz CT molecular complexity index is 949. The van der Waals surface area contributed by atoms with Crippen LogP contribution in [0.5, 0.6) is 0 Å². The second-order valence-electron chi connectivity index (χ2n) is 6.41. The largest absolute Gasteiger partial charge is 0.453 e. The van der Waals surface area contributed by atoms with Crippen molar-refractivity contribution in [3.8, 4) is 11.1 Å². The van der Waals surface area contributed by atoms with Gasteiger partial charge in [0.15, 0.2) is 0 Å². The van der Waals surface area contributed by atoms with Crippen LogP contribution in [-0.2, 0) is 14.3 Å². The number of rotatable bonds is 5. The number of cyclic esters (lactones) is 1. The first-order valence-corrected chi connectivity index (χ1v) is 8.85. The minimum absolute atomic E-state index is 0.193. The van der Waals surface area contributed by atoms with Crippen LogP contribution in [0.4, 0.5) is 25.4 Å². The lowest BCUT2D eigenvalue weighted by molar-refractivity contribution is -0.119. The molecule has 0 aliphatic carbocycles. The van der Waals surface area contributed by atoms with Crippen molar-refractivity contribution in [2.24, 2.45) is 0 Å². The average molecular weight is 401 g/mol. The van der Waals surface area contributed by atoms with Crippen molar-refractivity contribution in [1.29, 1.82) is 0 Å². The summed E-state index contributed by atoms with van der Waals surface area (Å²) >= 11 is 0. The van der Waals surface area contributed by atoms with Crippen molar-refractivity contribution in [3.05, 3.63) is 48.3 Å². The fourth-order valence-electron chi connectivity index (χ4n) is 2.94. The quantitative estimate of drug-likeness (QED) is 0.802. The van der Waals surface area contributed by atoms with Crippen LogP contribution in [0.1, 0.15) is 6.92 Å². The van der Waals surface area contributed by atoms with Gasteiger partial charge in [-0.2, -0.15) is 0 Å². The van der Waals surface area contributed by atoms with Crippen molar-refractivity contribution >= 4 is 29.5 Å². The highest BCUT2D eigenvalue weighted by molar-refractivity contribution is 5.90. The van der Waals surface area contributed by atoms with Crippen LogP contribution in [0.3, 0.4) is 0 Å². The van der Waals surface area contributed by atoms with Gasteiger partial charge >= 0.3 is 12.2 Å². The third-order valence-electron chi connectivity index (χ3n) is 4.32. The molecule has 0 unspecified atom stereocenters. The molecule has 1 heterocycles. The Labute approximate surface area is 166 Å². The number of nitrogens with zero attached hydrogens (tertiary/aromatic N) is 1. The Morgan fingerprint density at radius 2 is 2.07 bits per heavy atom. The molecule has 8 nitrogen and oxygen atoms in total. The van der Waals surface area contributed by atoms with Crippen LogP contribution in [0.25, 0.3) is 11.1 Å². The van der Waals surface area contributed by atoms with Crippen LogP contribution >= 0.6 is 0 Å². The Hall–Kier alpha value is -3.62. The number of methoxy groups -OCH3 is 1. The molecule has 2 aromatic carbocycles. The standard InChI is InChI=1S/C20H20FN3O5/c1-12(25)22-10-16-11-24(20(27)29-16)15-6-7-17(18(21)9-15)13-4-3-5-14(8-13)23-19(26)28-2/h3-9,16H,10-11H2,1-2H3,(H,22,25)(H,23,26)/t16-/m0/s1. The zero-order valence-corrected chi connectivity index (χ0v) is 15.9. The van der Waals surface area contributed by atoms with E-state index in [0.29, 0.717) is 22.5 Å². The second-order valence-corrected chi connectivity index (χ2v) is 6.41. The Kier molecular flexibility index (Phi) is 5.96. The summed E-state index contributed by atoms with van der Waals surface area (Å²) in [6, 6.07) is 11.1. The smallest absolute Gasteiger partial charge is 0.414 e. The Morgan fingerprint density at radius 1 is 1.28 bits per heavy atom. The van der Waals surface area contributed by atoms with E-state index >= 15 is 0 Å². The minimum atomic E-state index is -0.626. The van der Waals surface area contributed by atoms with E-state index in [9.17, 15) is 18.8 Å². The van der Waals surface area contributed by atoms with Crippen LogP contribution in [-0.4, -0.2) is 44.4 Å². The molecule has 2 N–H and O–H groups in total. The van der Waals surface area contributed by atoms with Crippen LogP contribution in [0.15, 0.2) is 42.5 Å². The number of anilines is 2. The van der Waals surface area contributed by atoms with E-state index in [2.05, 4.69) is 15.4 Å². The highest BCUT2D eigenvalue weighted by atomic mass is 19.1. The van der Waals surface area contributed by atoms with E-state index < -0.39 is 24.1 Å². The number of hydrogen-bond donors (Lipinski definition) is 2. The lowest BCUT2D eigenvalue weighted by atomic mass is 10.0. The summed E-state index contributed by atoms with van der Waals surface area (Å²) in [5.74, 6) is -0.755. The SMILES string of the molecule is COC(=O)Nc1cccc(-c2ccc(N3C[C@H](CNC(C)=O)OC3=O)cc2F)c1. The van der Waals surface area contributed by atoms with Crippen LogP contribution in [0, 0.1) is 5.82 Å². The summed E-state index contributed by atoms with van der Waals surface area (Å²) in [6.45, 7) is 1.77. The number of carbonyl (C=O) groups excluding carboxylic acids is 3. The molecular weight excluding hydrogens is 381 g/mol. The molecule has 1 atom stereocenters. The van der Waals surface area contributed by atoms with E-state index in [4.69, 9.17) is 4.74 Å². The number of amides is 3. The Balaban J connectivity index is 1.77. The highest BCUT2D eigenvalue weighted by Crippen LogP contribution is 2.30. The monoisotopic (exact) mass is 401 g/mol. The summed E-state index contributed by atoms with van der Waals surface area (Å²) in [6.07, 6.45) is -1.73. The molecule has 2 aromatic rings.